The van der Waals surface area contributed by atoms with E-state index in [1.54, 1.807) is 38.8 Å². The summed E-state index contributed by atoms with van der Waals surface area (Å²) in [6.45, 7) is 5.46. The standard InChI is InChI=1S/C14H17B2BrClN3O4/c1-14(22)10(25-16-3)8(5-23-15-2)24-13(14)21-4-7(17)9-11(18)19-6-20-12(9)21/h4,6,8,10,13,22H,5H2,1-3H3. The zero-order chi connectivity index (χ0) is 18.2. The van der Waals surface area contributed by atoms with Crippen molar-refractivity contribution in [3.05, 3.63) is 22.1 Å². The largest absolute Gasteiger partial charge is 0.438 e. The van der Waals surface area contributed by atoms with E-state index >= 15 is 0 Å². The van der Waals surface area contributed by atoms with Gasteiger partial charge in [0.2, 0.25) is 0 Å². The summed E-state index contributed by atoms with van der Waals surface area (Å²) in [6.07, 6.45) is 1.35. The van der Waals surface area contributed by atoms with E-state index in [0.717, 1.165) is 0 Å². The molecule has 0 aromatic carbocycles. The van der Waals surface area contributed by atoms with Gasteiger partial charge in [-0.3, -0.25) is 0 Å². The minimum absolute atomic E-state index is 0.262. The van der Waals surface area contributed by atoms with Gasteiger partial charge in [-0.1, -0.05) is 25.2 Å². The number of nitrogens with zero attached hydrogens (tertiary/aromatic N) is 3. The molecular weight excluding hydrogens is 411 g/mol. The van der Waals surface area contributed by atoms with Crippen LogP contribution >= 0.6 is 27.5 Å². The summed E-state index contributed by atoms with van der Waals surface area (Å²) in [5.41, 5.74) is -0.767. The van der Waals surface area contributed by atoms with Crippen molar-refractivity contribution in [3.8, 4) is 0 Å². The Hall–Kier alpha value is -0.640. The van der Waals surface area contributed by atoms with Crippen LogP contribution in [0.25, 0.3) is 11.0 Å². The fourth-order valence-corrected chi connectivity index (χ4v) is 4.04. The summed E-state index contributed by atoms with van der Waals surface area (Å²) in [6, 6.07) is 0. The maximum Gasteiger partial charge on any atom is 0.289 e. The lowest BCUT2D eigenvalue weighted by molar-refractivity contribution is -0.0916. The van der Waals surface area contributed by atoms with E-state index in [4.69, 9.17) is 25.6 Å². The van der Waals surface area contributed by atoms with E-state index in [0.29, 0.717) is 20.7 Å². The number of ether oxygens (including phenoxy) is 1. The highest BCUT2D eigenvalue weighted by molar-refractivity contribution is 9.10. The lowest BCUT2D eigenvalue weighted by Gasteiger charge is -2.30. The second kappa shape index (κ2) is 7.54. The third kappa shape index (κ3) is 3.36. The van der Waals surface area contributed by atoms with Gasteiger partial charge in [-0.2, -0.15) is 0 Å². The average molecular weight is 428 g/mol. The highest BCUT2D eigenvalue weighted by atomic mass is 79.9. The molecule has 1 N–H and O–H groups in total. The molecule has 1 aliphatic rings. The molecule has 4 unspecified atom stereocenters. The van der Waals surface area contributed by atoms with Crippen molar-refractivity contribution < 1.29 is 19.2 Å². The third-order valence-electron chi connectivity index (χ3n) is 4.20. The molecule has 1 fully saturated rings. The summed E-state index contributed by atoms with van der Waals surface area (Å²) in [5, 5.41) is 12.1. The molecule has 25 heavy (non-hydrogen) atoms. The van der Waals surface area contributed by atoms with Crippen LogP contribution < -0.4 is 0 Å². The number of rotatable bonds is 6. The maximum absolute atomic E-state index is 11.2. The van der Waals surface area contributed by atoms with Crippen LogP contribution in [0.3, 0.4) is 0 Å². The number of aliphatic hydroxyl groups is 1. The maximum atomic E-state index is 11.2. The van der Waals surface area contributed by atoms with Crippen molar-refractivity contribution in [2.45, 2.75) is 44.6 Å². The number of fused-ring (bicyclic) bond motifs is 1. The van der Waals surface area contributed by atoms with Crippen LogP contribution in [0.4, 0.5) is 0 Å². The molecular formula is C14H17B2BrClN3O4. The monoisotopic (exact) mass is 427 g/mol. The summed E-state index contributed by atoms with van der Waals surface area (Å²) in [5.74, 6) is 0. The lowest BCUT2D eigenvalue weighted by Crippen LogP contribution is -2.46. The molecule has 0 aliphatic carbocycles. The van der Waals surface area contributed by atoms with Crippen LogP contribution in [0.15, 0.2) is 17.0 Å². The zero-order valence-electron chi connectivity index (χ0n) is 14.0. The molecule has 3 rings (SSSR count). The molecule has 11 heteroatoms. The summed E-state index contributed by atoms with van der Waals surface area (Å²) in [7, 11) is 3.11. The Morgan fingerprint density at radius 1 is 1.44 bits per heavy atom. The lowest BCUT2D eigenvalue weighted by atomic mass is 9.93. The van der Waals surface area contributed by atoms with Crippen LogP contribution in [0, 0.1) is 0 Å². The Labute approximate surface area is 160 Å². The average Bonchev–Trinajstić information content (AvgIpc) is 3.02. The van der Waals surface area contributed by atoms with Crippen molar-refractivity contribution in [1.29, 1.82) is 0 Å². The van der Waals surface area contributed by atoms with E-state index in [-0.39, 0.29) is 6.61 Å². The van der Waals surface area contributed by atoms with Gasteiger partial charge in [-0.05, 0) is 22.9 Å². The molecule has 0 amide bonds. The Bertz CT molecular complexity index is 763. The van der Waals surface area contributed by atoms with Gasteiger partial charge in [0.1, 0.15) is 34.9 Å². The molecule has 1 saturated heterocycles. The van der Waals surface area contributed by atoms with Crippen LogP contribution in [0.5, 0.6) is 0 Å². The van der Waals surface area contributed by atoms with Crippen LogP contribution in [0.1, 0.15) is 13.2 Å². The first-order chi connectivity index (χ1) is 11.9. The minimum atomic E-state index is -1.32. The van der Waals surface area contributed by atoms with Crippen LogP contribution in [0.2, 0.25) is 18.8 Å². The van der Waals surface area contributed by atoms with Crippen molar-refractivity contribution >= 4 is 53.5 Å². The number of halogens is 2. The van der Waals surface area contributed by atoms with Gasteiger partial charge < -0.3 is 23.7 Å². The van der Waals surface area contributed by atoms with E-state index in [2.05, 4.69) is 25.9 Å². The Balaban J connectivity index is 2.03. The predicted molar refractivity (Wildman–Crippen MR) is 98.8 cm³/mol. The topological polar surface area (TPSA) is 78.6 Å². The van der Waals surface area contributed by atoms with Crippen LogP contribution in [-0.2, 0) is 14.0 Å². The SMILES string of the molecule is C[B]OCC1OC(n2cc(Br)c3c(Cl)ncnc32)C(C)(O)C1O[B]C. The van der Waals surface area contributed by atoms with Crippen molar-refractivity contribution in [2.75, 3.05) is 6.61 Å². The predicted octanol–water partition coefficient (Wildman–Crippen LogP) is 2.23. The Morgan fingerprint density at radius 2 is 2.20 bits per heavy atom. The molecule has 2 radical (unpaired) electrons. The van der Waals surface area contributed by atoms with E-state index in [9.17, 15) is 5.11 Å². The molecule has 4 atom stereocenters. The summed E-state index contributed by atoms with van der Waals surface area (Å²) < 4.78 is 19.5. The molecule has 7 nitrogen and oxygen atoms in total. The van der Waals surface area contributed by atoms with Gasteiger partial charge in [0.05, 0.1) is 12.0 Å². The second-order valence-corrected chi connectivity index (χ2v) is 7.07. The first-order valence-corrected chi connectivity index (χ1v) is 8.96. The number of aromatic nitrogens is 3. The van der Waals surface area contributed by atoms with Gasteiger partial charge >= 0.3 is 0 Å². The van der Waals surface area contributed by atoms with E-state index in [1.807, 2.05) is 0 Å². The first kappa shape index (κ1) is 19.1. The Morgan fingerprint density at radius 3 is 2.88 bits per heavy atom. The highest BCUT2D eigenvalue weighted by Crippen LogP contribution is 2.43. The van der Waals surface area contributed by atoms with Crippen LogP contribution in [-0.4, -0.2) is 59.0 Å². The van der Waals surface area contributed by atoms with Gasteiger partial charge in [0, 0.05) is 10.7 Å². The molecule has 1 aliphatic heterocycles. The molecule has 2 aromatic heterocycles. The smallest absolute Gasteiger partial charge is 0.289 e. The number of hydrogen-bond donors (Lipinski definition) is 1. The van der Waals surface area contributed by atoms with E-state index in [1.165, 1.54) is 13.8 Å². The molecule has 132 valence electrons. The quantitative estimate of drug-likeness (QED) is 0.562. The van der Waals surface area contributed by atoms with E-state index < -0.39 is 24.0 Å². The highest BCUT2D eigenvalue weighted by Gasteiger charge is 2.54. The molecule has 3 heterocycles. The molecule has 2 aromatic rings. The Kier molecular flexibility index (Phi) is 5.77. The fraction of sp³-hybridized carbons (Fsp3) is 0.571. The normalized spacial score (nSPS) is 29.3. The number of hydrogen-bond acceptors (Lipinski definition) is 6. The van der Waals surface area contributed by atoms with Gasteiger partial charge in [-0.25, -0.2) is 9.97 Å². The first-order valence-electron chi connectivity index (χ1n) is 7.78. The van der Waals surface area contributed by atoms with Crippen molar-refractivity contribution in [1.82, 2.24) is 14.5 Å². The van der Waals surface area contributed by atoms with Gasteiger partial charge in [-0.15, -0.1) is 0 Å². The second-order valence-electron chi connectivity index (χ2n) is 5.86. The molecule has 0 spiro atoms. The summed E-state index contributed by atoms with van der Waals surface area (Å²) >= 11 is 9.64. The molecule has 0 saturated carbocycles. The fourth-order valence-electron chi connectivity index (χ4n) is 3.11. The zero-order valence-corrected chi connectivity index (χ0v) is 16.4. The van der Waals surface area contributed by atoms with Gasteiger partial charge in [0.15, 0.2) is 6.23 Å². The minimum Gasteiger partial charge on any atom is -0.438 e. The van der Waals surface area contributed by atoms with Crippen molar-refractivity contribution in [2.24, 2.45) is 0 Å². The van der Waals surface area contributed by atoms with Gasteiger partial charge in [0.25, 0.3) is 15.0 Å². The third-order valence-corrected chi connectivity index (χ3v) is 5.08. The van der Waals surface area contributed by atoms with Crippen molar-refractivity contribution in [3.63, 3.8) is 0 Å². The summed E-state index contributed by atoms with van der Waals surface area (Å²) in [4.78, 5) is 8.29. The molecule has 0 bridgehead atoms.